The molecule has 0 unspecified atom stereocenters. The Morgan fingerprint density at radius 2 is 2.38 bits per heavy atom. The van der Waals surface area contributed by atoms with Crippen LogP contribution in [0.25, 0.3) is 0 Å². The minimum atomic E-state index is -0.936. The summed E-state index contributed by atoms with van der Waals surface area (Å²) in [7, 11) is 0. The number of nitrogens with zero attached hydrogens (tertiary/aromatic N) is 2. The van der Waals surface area contributed by atoms with Crippen molar-refractivity contribution in [3.05, 3.63) is 29.6 Å². The zero-order valence-corrected chi connectivity index (χ0v) is 9.54. The van der Waals surface area contributed by atoms with Crippen LogP contribution in [0, 0.1) is 10.7 Å². The Morgan fingerprint density at radius 1 is 1.56 bits per heavy atom. The minimum Gasteiger partial charge on any atom is -0.478 e. The molecule has 0 saturated heterocycles. The molecule has 0 radical (unpaired) electrons. The molecular formula is C11H12N2O2S. The van der Waals surface area contributed by atoms with E-state index < -0.39 is 5.97 Å². The van der Waals surface area contributed by atoms with E-state index in [1.165, 1.54) is 11.8 Å². The van der Waals surface area contributed by atoms with Crippen LogP contribution in [0.4, 0.5) is 0 Å². The van der Waals surface area contributed by atoms with Gasteiger partial charge in [0.25, 0.3) is 0 Å². The molecule has 5 heteroatoms. The monoisotopic (exact) mass is 236 g/mol. The van der Waals surface area contributed by atoms with E-state index in [2.05, 4.69) is 4.98 Å². The number of carboxylic acid groups (broad SMARTS) is 1. The van der Waals surface area contributed by atoms with Gasteiger partial charge in [0, 0.05) is 11.9 Å². The van der Waals surface area contributed by atoms with E-state index in [4.69, 9.17) is 10.4 Å². The molecular weight excluding hydrogens is 224 g/mol. The maximum absolute atomic E-state index is 10.9. The maximum Gasteiger partial charge on any atom is 0.337 e. The van der Waals surface area contributed by atoms with Gasteiger partial charge in [-0.1, -0.05) is 0 Å². The Labute approximate surface area is 98.3 Å². The number of nitriles is 1. The number of thioether (sulfide) groups is 1. The van der Waals surface area contributed by atoms with Gasteiger partial charge >= 0.3 is 5.97 Å². The molecule has 0 amide bonds. The number of carboxylic acids is 1. The molecule has 0 aliphatic rings. The number of pyridine rings is 1. The Bertz CT molecular complexity index is 401. The van der Waals surface area contributed by atoms with Crippen LogP contribution in [-0.4, -0.2) is 21.8 Å². The van der Waals surface area contributed by atoms with Crippen LogP contribution in [0.1, 0.15) is 28.9 Å². The van der Waals surface area contributed by atoms with Crippen molar-refractivity contribution in [1.29, 1.82) is 5.26 Å². The number of hydrogen-bond donors (Lipinski definition) is 1. The maximum atomic E-state index is 10.9. The number of rotatable bonds is 6. The quantitative estimate of drug-likeness (QED) is 0.606. The number of aryl methyl sites for hydroxylation is 1. The summed E-state index contributed by atoms with van der Waals surface area (Å²) in [6, 6.07) is 3.19. The zero-order chi connectivity index (χ0) is 11.8. The summed E-state index contributed by atoms with van der Waals surface area (Å²) in [5, 5.41) is 19.2. The van der Waals surface area contributed by atoms with Gasteiger partial charge in [-0.05, 0) is 43.2 Å². The summed E-state index contributed by atoms with van der Waals surface area (Å²) in [4.78, 5) is 14.9. The number of unbranched alkanes of at least 4 members (excludes halogenated alkanes) is 1. The van der Waals surface area contributed by atoms with E-state index in [-0.39, 0.29) is 5.56 Å². The van der Waals surface area contributed by atoms with Crippen molar-refractivity contribution in [2.24, 2.45) is 0 Å². The van der Waals surface area contributed by atoms with Crippen molar-refractivity contribution in [3.8, 4) is 5.40 Å². The summed E-state index contributed by atoms with van der Waals surface area (Å²) in [6.07, 6.45) is 4.00. The molecule has 16 heavy (non-hydrogen) atoms. The Balaban J connectivity index is 2.47. The number of hydrogen-bond acceptors (Lipinski definition) is 4. The predicted octanol–water partition coefficient (Wildman–Crippen LogP) is 2.32. The number of thiocyanates is 1. The standard InChI is InChI=1S/C11H12N2O2S/c12-8-16-7-2-1-5-10-9(11(14)15)4-3-6-13-10/h3-4,6H,1-2,5,7H2,(H,14,15). The van der Waals surface area contributed by atoms with E-state index >= 15 is 0 Å². The van der Waals surface area contributed by atoms with Gasteiger partial charge in [-0.25, -0.2) is 4.79 Å². The van der Waals surface area contributed by atoms with Gasteiger partial charge in [0.2, 0.25) is 0 Å². The summed E-state index contributed by atoms with van der Waals surface area (Å²) in [5.41, 5.74) is 0.896. The Hall–Kier alpha value is -1.54. The molecule has 0 aliphatic heterocycles. The highest BCUT2D eigenvalue weighted by atomic mass is 32.2. The molecule has 0 saturated carbocycles. The molecule has 1 rings (SSSR count). The third kappa shape index (κ3) is 3.91. The van der Waals surface area contributed by atoms with E-state index in [9.17, 15) is 4.79 Å². The largest absolute Gasteiger partial charge is 0.478 e. The molecule has 1 aromatic heterocycles. The molecule has 1 N–H and O–H groups in total. The highest BCUT2D eigenvalue weighted by molar-refractivity contribution is 8.03. The Kier molecular flexibility index (Phi) is 5.37. The third-order valence-electron chi connectivity index (χ3n) is 2.10. The molecule has 0 bridgehead atoms. The summed E-state index contributed by atoms with van der Waals surface area (Å²) >= 11 is 1.22. The number of carbonyl (C=O) groups is 1. The van der Waals surface area contributed by atoms with Gasteiger partial charge in [0.05, 0.1) is 11.3 Å². The van der Waals surface area contributed by atoms with Crippen LogP contribution in [0.3, 0.4) is 0 Å². The van der Waals surface area contributed by atoms with E-state index in [0.717, 1.165) is 18.6 Å². The van der Waals surface area contributed by atoms with Gasteiger partial charge in [-0.15, -0.1) is 0 Å². The van der Waals surface area contributed by atoms with Crippen LogP contribution in [0.15, 0.2) is 18.3 Å². The van der Waals surface area contributed by atoms with Crippen molar-refractivity contribution in [1.82, 2.24) is 4.98 Å². The number of aromatic nitrogens is 1. The topological polar surface area (TPSA) is 74.0 Å². The number of aromatic carboxylic acids is 1. The van der Waals surface area contributed by atoms with Gasteiger partial charge in [0.1, 0.15) is 5.40 Å². The second kappa shape index (κ2) is 6.85. The minimum absolute atomic E-state index is 0.274. The van der Waals surface area contributed by atoms with Gasteiger partial charge < -0.3 is 5.11 Å². The van der Waals surface area contributed by atoms with Crippen molar-refractivity contribution < 1.29 is 9.90 Å². The highest BCUT2D eigenvalue weighted by Gasteiger charge is 2.09. The van der Waals surface area contributed by atoms with Crippen molar-refractivity contribution in [3.63, 3.8) is 0 Å². The average Bonchev–Trinajstić information content (AvgIpc) is 2.29. The van der Waals surface area contributed by atoms with E-state index in [1.807, 2.05) is 5.40 Å². The fourth-order valence-electron chi connectivity index (χ4n) is 1.34. The lowest BCUT2D eigenvalue weighted by Gasteiger charge is -2.03. The normalized spacial score (nSPS) is 9.69. The van der Waals surface area contributed by atoms with Gasteiger partial charge in [0.15, 0.2) is 0 Å². The lowest BCUT2D eigenvalue weighted by molar-refractivity contribution is 0.0695. The fourth-order valence-corrected chi connectivity index (χ4v) is 1.78. The summed E-state index contributed by atoms with van der Waals surface area (Å²) in [5.74, 6) is -0.152. The first kappa shape index (κ1) is 12.5. The lowest BCUT2D eigenvalue weighted by Crippen LogP contribution is -2.04. The first-order valence-electron chi connectivity index (χ1n) is 4.93. The second-order valence-electron chi connectivity index (χ2n) is 3.20. The molecule has 1 heterocycles. The zero-order valence-electron chi connectivity index (χ0n) is 8.72. The first-order valence-corrected chi connectivity index (χ1v) is 5.92. The SMILES string of the molecule is N#CSCCCCc1ncccc1C(=O)O. The molecule has 0 fully saturated rings. The summed E-state index contributed by atoms with van der Waals surface area (Å²) < 4.78 is 0. The molecule has 0 aliphatic carbocycles. The van der Waals surface area contributed by atoms with Crippen molar-refractivity contribution in [2.75, 3.05) is 5.75 Å². The molecule has 84 valence electrons. The van der Waals surface area contributed by atoms with Crippen LogP contribution in [0.2, 0.25) is 0 Å². The average molecular weight is 236 g/mol. The van der Waals surface area contributed by atoms with Gasteiger partial charge in [-0.2, -0.15) is 5.26 Å². The smallest absolute Gasteiger partial charge is 0.337 e. The molecule has 0 spiro atoms. The first-order chi connectivity index (χ1) is 7.75. The summed E-state index contributed by atoms with van der Waals surface area (Å²) in [6.45, 7) is 0. The van der Waals surface area contributed by atoms with Gasteiger partial charge in [-0.3, -0.25) is 4.98 Å². The van der Waals surface area contributed by atoms with Crippen LogP contribution in [-0.2, 0) is 6.42 Å². The van der Waals surface area contributed by atoms with Crippen LogP contribution in [0.5, 0.6) is 0 Å². The fraction of sp³-hybridized carbons (Fsp3) is 0.364. The van der Waals surface area contributed by atoms with E-state index in [0.29, 0.717) is 12.1 Å². The molecule has 1 aromatic rings. The van der Waals surface area contributed by atoms with Crippen molar-refractivity contribution in [2.45, 2.75) is 19.3 Å². The molecule has 4 nitrogen and oxygen atoms in total. The third-order valence-corrected chi connectivity index (χ3v) is 2.72. The molecule has 0 atom stereocenters. The predicted molar refractivity (Wildman–Crippen MR) is 62.2 cm³/mol. The molecule has 0 aromatic carbocycles. The van der Waals surface area contributed by atoms with Crippen LogP contribution < -0.4 is 0 Å². The van der Waals surface area contributed by atoms with E-state index in [1.54, 1.807) is 18.3 Å². The lowest BCUT2D eigenvalue weighted by atomic mass is 10.1. The highest BCUT2D eigenvalue weighted by Crippen LogP contribution is 2.10. The van der Waals surface area contributed by atoms with Crippen molar-refractivity contribution >= 4 is 17.7 Å². The second-order valence-corrected chi connectivity index (χ2v) is 4.08. The Morgan fingerprint density at radius 3 is 3.06 bits per heavy atom. The van der Waals surface area contributed by atoms with Crippen LogP contribution >= 0.6 is 11.8 Å².